The average Bonchev–Trinajstić information content (AvgIpc) is 2.33. The summed E-state index contributed by atoms with van der Waals surface area (Å²) in [7, 11) is 0. The van der Waals surface area contributed by atoms with Crippen LogP contribution in [0.3, 0.4) is 0 Å². The lowest BCUT2D eigenvalue weighted by Gasteiger charge is -1.98. The number of hydrogen-bond donors (Lipinski definition) is 1. The van der Waals surface area contributed by atoms with Crippen LogP contribution in [0.2, 0.25) is 0 Å². The van der Waals surface area contributed by atoms with Crippen LogP contribution >= 0.6 is 15.9 Å². The fourth-order valence-corrected chi connectivity index (χ4v) is 1.68. The van der Waals surface area contributed by atoms with Crippen molar-refractivity contribution in [3.8, 4) is 5.75 Å². The molecule has 0 unspecified atom stereocenters. The number of phenols is 1. The van der Waals surface area contributed by atoms with Crippen LogP contribution in [0.4, 0.5) is 10.1 Å². The van der Waals surface area contributed by atoms with Gasteiger partial charge in [0.2, 0.25) is 0 Å². The fraction of sp³-hybridized carbons (Fsp3) is 0. The van der Waals surface area contributed by atoms with Crippen LogP contribution < -0.4 is 0 Å². The highest BCUT2D eigenvalue weighted by molar-refractivity contribution is 9.10. The van der Waals surface area contributed by atoms with Crippen molar-refractivity contribution in [3.05, 3.63) is 58.3 Å². The van der Waals surface area contributed by atoms with Gasteiger partial charge in [0.1, 0.15) is 11.6 Å². The molecule has 2 rings (SSSR count). The van der Waals surface area contributed by atoms with Gasteiger partial charge in [-0.1, -0.05) is 0 Å². The number of benzene rings is 2. The van der Waals surface area contributed by atoms with Crippen LogP contribution in [0.25, 0.3) is 0 Å². The van der Waals surface area contributed by atoms with Gasteiger partial charge in [-0.15, -0.1) is 0 Å². The number of rotatable bonds is 2. The van der Waals surface area contributed by atoms with Crippen molar-refractivity contribution in [2.75, 3.05) is 0 Å². The molecule has 17 heavy (non-hydrogen) atoms. The largest absolute Gasteiger partial charge is 0.507 e. The van der Waals surface area contributed by atoms with E-state index in [2.05, 4.69) is 20.9 Å². The van der Waals surface area contributed by atoms with Crippen molar-refractivity contribution >= 4 is 27.8 Å². The Balaban J connectivity index is 2.20. The molecule has 0 heterocycles. The molecule has 0 fully saturated rings. The zero-order chi connectivity index (χ0) is 12.3. The molecule has 0 atom stereocenters. The van der Waals surface area contributed by atoms with Gasteiger partial charge in [-0.2, -0.15) is 0 Å². The molecule has 2 aromatic carbocycles. The van der Waals surface area contributed by atoms with E-state index in [1.807, 2.05) is 0 Å². The molecule has 0 spiro atoms. The van der Waals surface area contributed by atoms with E-state index < -0.39 is 0 Å². The van der Waals surface area contributed by atoms with E-state index in [9.17, 15) is 9.50 Å². The Morgan fingerprint density at radius 3 is 2.47 bits per heavy atom. The van der Waals surface area contributed by atoms with Crippen molar-refractivity contribution in [2.24, 2.45) is 4.99 Å². The Morgan fingerprint density at radius 2 is 1.82 bits per heavy atom. The maximum absolute atomic E-state index is 12.7. The molecular weight excluding hydrogens is 285 g/mol. The summed E-state index contributed by atoms with van der Waals surface area (Å²) in [6.07, 6.45) is 1.65. The zero-order valence-corrected chi connectivity index (χ0v) is 10.4. The summed E-state index contributed by atoms with van der Waals surface area (Å²) >= 11 is 3.22. The number of phenolic OH excluding ortho intramolecular Hbond substituents is 1. The molecule has 0 aromatic heterocycles. The smallest absolute Gasteiger partial charge is 0.129 e. The first kappa shape index (κ1) is 11.8. The maximum Gasteiger partial charge on any atom is 0.129 e. The minimum absolute atomic E-state index is 0.184. The number of halogens is 2. The first-order chi connectivity index (χ1) is 8.15. The molecule has 2 aromatic rings. The van der Waals surface area contributed by atoms with Gasteiger partial charge >= 0.3 is 0 Å². The van der Waals surface area contributed by atoms with E-state index in [0.717, 1.165) is 5.56 Å². The van der Waals surface area contributed by atoms with Crippen molar-refractivity contribution < 1.29 is 9.50 Å². The summed E-state index contributed by atoms with van der Waals surface area (Å²) in [5.74, 6) is -0.0970. The lowest BCUT2D eigenvalue weighted by molar-refractivity contribution is 0.472. The molecule has 0 saturated carbocycles. The normalized spacial score (nSPS) is 10.9. The molecule has 2 nitrogen and oxygen atoms in total. The summed E-state index contributed by atoms with van der Waals surface area (Å²) in [5.41, 5.74) is 1.52. The van der Waals surface area contributed by atoms with Crippen LogP contribution in [0.15, 0.2) is 51.9 Å². The fourth-order valence-electron chi connectivity index (χ4n) is 1.28. The van der Waals surface area contributed by atoms with Gasteiger partial charge in [-0.25, -0.2) is 4.39 Å². The van der Waals surface area contributed by atoms with Gasteiger partial charge in [0.15, 0.2) is 0 Å². The minimum Gasteiger partial charge on any atom is -0.507 e. The lowest BCUT2D eigenvalue weighted by atomic mass is 10.2. The molecule has 1 N–H and O–H groups in total. The molecule has 0 aliphatic heterocycles. The predicted molar refractivity (Wildman–Crippen MR) is 69.5 cm³/mol. The standard InChI is InChI=1S/C13H9BrFNO/c14-12-7-9(1-6-13(12)17)8-16-11-4-2-10(15)3-5-11/h1-8,17H/b16-8+. The second-order valence-corrected chi connectivity index (χ2v) is 4.30. The van der Waals surface area contributed by atoms with Gasteiger partial charge in [0.25, 0.3) is 0 Å². The Bertz CT molecular complexity index is 552. The Kier molecular flexibility index (Phi) is 3.54. The number of aliphatic imine (C=N–C) groups is 1. The summed E-state index contributed by atoms with van der Waals surface area (Å²) in [5, 5.41) is 9.33. The van der Waals surface area contributed by atoms with Crippen LogP contribution in [0.1, 0.15) is 5.56 Å². The van der Waals surface area contributed by atoms with E-state index in [1.165, 1.54) is 12.1 Å². The molecule has 0 bridgehead atoms. The highest BCUT2D eigenvalue weighted by Crippen LogP contribution is 2.23. The number of aromatic hydroxyl groups is 1. The lowest BCUT2D eigenvalue weighted by Crippen LogP contribution is -1.80. The molecular formula is C13H9BrFNO. The Hall–Kier alpha value is -1.68. The zero-order valence-electron chi connectivity index (χ0n) is 8.77. The summed E-state index contributed by atoms with van der Waals surface area (Å²) in [4.78, 5) is 4.19. The van der Waals surface area contributed by atoms with E-state index in [1.54, 1.807) is 36.5 Å². The molecule has 0 saturated heterocycles. The highest BCUT2D eigenvalue weighted by Gasteiger charge is 1.97. The first-order valence-electron chi connectivity index (χ1n) is 4.93. The van der Waals surface area contributed by atoms with E-state index in [0.29, 0.717) is 10.2 Å². The Morgan fingerprint density at radius 1 is 1.12 bits per heavy atom. The summed E-state index contributed by atoms with van der Waals surface area (Å²) < 4.78 is 13.3. The quantitative estimate of drug-likeness (QED) is 0.833. The van der Waals surface area contributed by atoms with Gasteiger partial charge in [0, 0.05) is 6.21 Å². The molecule has 0 amide bonds. The maximum atomic E-state index is 12.7. The van der Waals surface area contributed by atoms with Crippen LogP contribution in [-0.4, -0.2) is 11.3 Å². The molecule has 4 heteroatoms. The van der Waals surface area contributed by atoms with Gasteiger partial charge in [-0.05, 0) is 64.0 Å². The van der Waals surface area contributed by atoms with Gasteiger partial charge < -0.3 is 5.11 Å². The van der Waals surface area contributed by atoms with E-state index in [-0.39, 0.29) is 11.6 Å². The molecule has 0 aliphatic rings. The van der Waals surface area contributed by atoms with E-state index >= 15 is 0 Å². The number of nitrogens with zero attached hydrogens (tertiary/aromatic N) is 1. The van der Waals surface area contributed by atoms with Crippen LogP contribution in [-0.2, 0) is 0 Å². The van der Waals surface area contributed by atoms with Crippen LogP contribution in [0, 0.1) is 5.82 Å². The first-order valence-corrected chi connectivity index (χ1v) is 5.72. The predicted octanol–water partition coefficient (Wildman–Crippen LogP) is 4.04. The van der Waals surface area contributed by atoms with Crippen molar-refractivity contribution in [3.63, 3.8) is 0 Å². The highest BCUT2D eigenvalue weighted by atomic mass is 79.9. The third kappa shape index (κ3) is 3.14. The monoisotopic (exact) mass is 293 g/mol. The minimum atomic E-state index is -0.281. The third-order valence-corrected chi connectivity index (χ3v) is 2.80. The summed E-state index contributed by atoms with van der Waals surface area (Å²) in [6.45, 7) is 0. The topological polar surface area (TPSA) is 32.6 Å². The van der Waals surface area contributed by atoms with Crippen molar-refractivity contribution in [2.45, 2.75) is 0 Å². The SMILES string of the molecule is Oc1ccc(/C=N/c2ccc(F)cc2)cc1Br. The second kappa shape index (κ2) is 5.10. The van der Waals surface area contributed by atoms with E-state index in [4.69, 9.17) is 0 Å². The van der Waals surface area contributed by atoms with Crippen molar-refractivity contribution in [1.29, 1.82) is 0 Å². The average molecular weight is 294 g/mol. The summed E-state index contributed by atoms with van der Waals surface area (Å²) in [6, 6.07) is 11.0. The third-order valence-electron chi connectivity index (χ3n) is 2.16. The second-order valence-electron chi connectivity index (χ2n) is 3.45. The van der Waals surface area contributed by atoms with Crippen LogP contribution in [0.5, 0.6) is 5.75 Å². The molecule has 86 valence electrons. The van der Waals surface area contributed by atoms with Gasteiger partial charge in [-0.3, -0.25) is 4.99 Å². The molecule has 0 aliphatic carbocycles. The molecule has 0 radical (unpaired) electrons. The van der Waals surface area contributed by atoms with Gasteiger partial charge in [0.05, 0.1) is 10.2 Å². The number of hydrogen-bond acceptors (Lipinski definition) is 2. The van der Waals surface area contributed by atoms with Crippen molar-refractivity contribution in [1.82, 2.24) is 0 Å². The Labute approximate surface area is 107 Å².